The number of rotatable bonds is 8. The van der Waals surface area contributed by atoms with E-state index >= 15 is 0 Å². The van der Waals surface area contributed by atoms with Gasteiger partial charge in [-0.1, -0.05) is 0 Å². The molecule has 1 saturated heterocycles. The van der Waals surface area contributed by atoms with Crippen LogP contribution in [0.5, 0.6) is 11.6 Å². The molecule has 0 saturated carbocycles. The summed E-state index contributed by atoms with van der Waals surface area (Å²) in [6.07, 6.45) is 2.77. The minimum Gasteiger partial charge on any atom is -0.479 e. The van der Waals surface area contributed by atoms with Crippen molar-refractivity contribution in [1.29, 1.82) is 0 Å². The van der Waals surface area contributed by atoms with E-state index in [4.69, 9.17) is 14.2 Å². The highest BCUT2D eigenvalue weighted by Crippen LogP contribution is 2.32. The summed E-state index contributed by atoms with van der Waals surface area (Å²) in [6, 6.07) is 6.32. The van der Waals surface area contributed by atoms with Gasteiger partial charge in [-0.2, -0.15) is 0 Å². The first-order chi connectivity index (χ1) is 14.6. The van der Waals surface area contributed by atoms with E-state index in [-0.39, 0.29) is 11.7 Å². The number of benzene rings is 1. The van der Waals surface area contributed by atoms with Gasteiger partial charge in [-0.05, 0) is 30.2 Å². The zero-order chi connectivity index (χ0) is 21.1. The van der Waals surface area contributed by atoms with Gasteiger partial charge in [0.15, 0.2) is 11.9 Å². The van der Waals surface area contributed by atoms with Gasteiger partial charge >= 0.3 is 0 Å². The molecule has 2 aromatic rings. The topological polar surface area (TPSA) is 78.0 Å². The van der Waals surface area contributed by atoms with Crippen LogP contribution in [0.1, 0.15) is 35.2 Å². The van der Waals surface area contributed by atoms with Crippen LogP contribution in [0, 0.1) is 5.82 Å². The lowest BCUT2D eigenvalue weighted by Gasteiger charge is -2.18. The molecule has 1 aromatic carbocycles. The average molecular weight is 414 g/mol. The van der Waals surface area contributed by atoms with Crippen LogP contribution in [0.15, 0.2) is 30.5 Å². The average Bonchev–Trinajstić information content (AvgIpc) is 3.30. The third kappa shape index (κ3) is 4.14. The fraction of sp³-hybridized carbons (Fsp3) is 0.409. The van der Waals surface area contributed by atoms with Crippen LogP contribution in [0.4, 0.5) is 10.1 Å². The van der Waals surface area contributed by atoms with E-state index in [0.29, 0.717) is 67.5 Å². The van der Waals surface area contributed by atoms with Crippen LogP contribution >= 0.6 is 0 Å². The first-order valence-electron chi connectivity index (χ1n) is 9.98. The van der Waals surface area contributed by atoms with Gasteiger partial charge in [0, 0.05) is 56.8 Å². The normalized spacial score (nSPS) is 18.1. The van der Waals surface area contributed by atoms with E-state index in [1.165, 1.54) is 17.2 Å². The quantitative estimate of drug-likeness (QED) is 0.618. The lowest BCUT2D eigenvalue weighted by atomic mass is 10.1. The molecular weight excluding hydrogens is 391 g/mol. The van der Waals surface area contributed by atoms with Gasteiger partial charge in [0.2, 0.25) is 5.88 Å². The van der Waals surface area contributed by atoms with Gasteiger partial charge in [0.25, 0.3) is 5.91 Å². The van der Waals surface area contributed by atoms with Gasteiger partial charge in [0.05, 0.1) is 12.8 Å². The number of hydrogen-bond acceptors (Lipinski definition) is 6. The largest absolute Gasteiger partial charge is 0.479 e. The minimum absolute atomic E-state index is 0.0826. The SMILES string of the molecule is COCCCOc1ccc(OC2CCN(c3cc(F)c4c(c3)C(=O)CC4)C2=O)cn1. The van der Waals surface area contributed by atoms with E-state index in [9.17, 15) is 14.0 Å². The zero-order valence-corrected chi connectivity index (χ0v) is 16.7. The molecule has 0 N–H and O–H groups in total. The van der Waals surface area contributed by atoms with Crippen LogP contribution in [0.2, 0.25) is 0 Å². The number of fused-ring (bicyclic) bond motifs is 1. The second kappa shape index (κ2) is 8.79. The maximum absolute atomic E-state index is 14.4. The fourth-order valence-electron chi connectivity index (χ4n) is 3.74. The lowest BCUT2D eigenvalue weighted by Crippen LogP contribution is -2.32. The summed E-state index contributed by atoms with van der Waals surface area (Å²) in [6.45, 7) is 1.50. The van der Waals surface area contributed by atoms with Gasteiger partial charge in [0.1, 0.15) is 11.6 Å². The second-order valence-corrected chi connectivity index (χ2v) is 7.29. The van der Waals surface area contributed by atoms with Crippen molar-refractivity contribution in [3.63, 3.8) is 0 Å². The number of nitrogens with zero attached hydrogens (tertiary/aromatic N) is 2. The molecule has 30 heavy (non-hydrogen) atoms. The molecule has 158 valence electrons. The van der Waals surface area contributed by atoms with Crippen molar-refractivity contribution in [3.05, 3.63) is 47.4 Å². The molecule has 1 unspecified atom stereocenters. The Morgan fingerprint density at radius 2 is 2.07 bits per heavy atom. The number of carbonyl (C=O) groups is 2. The minimum atomic E-state index is -0.688. The maximum atomic E-state index is 14.4. The Balaban J connectivity index is 1.39. The molecule has 1 amide bonds. The number of methoxy groups -OCH3 is 1. The standard InChI is InChI=1S/C22H23FN2O5/c1-28-9-2-10-29-21-6-3-15(13-24-21)30-20-7-8-25(22(20)27)14-11-17-16(18(23)12-14)4-5-19(17)26/h3,6,11-13,20H,2,4-5,7-10H2,1H3. The monoisotopic (exact) mass is 414 g/mol. The van der Waals surface area contributed by atoms with Crippen molar-refractivity contribution >= 4 is 17.4 Å². The van der Waals surface area contributed by atoms with E-state index in [2.05, 4.69) is 4.98 Å². The summed E-state index contributed by atoms with van der Waals surface area (Å²) >= 11 is 0. The third-order valence-electron chi connectivity index (χ3n) is 5.28. The number of anilines is 1. The molecule has 1 atom stereocenters. The van der Waals surface area contributed by atoms with Crippen molar-refractivity contribution in [2.75, 3.05) is 31.8 Å². The summed E-state index contributed by atoms with van der Waals surface area (Å²) in [5.41, 5.74) is 1.22. The number of aromatic nitrogens is 1. The fourth-order valence-corrected chi connectivity index (χ4v) is 3.74. The van der Waals surface area contributed by atoms with Crippen LogP contribution in [-0.4, -0.2) is 49.6 Å². The Labute approximate surface area is 173 Å². The van der Waals surface area contributed by atoms with Gasteiger partial charge in [-0.15, -0.1) is 0 Å². The number of Topliss-reactive ketones (excluding diaryl/α,β-unsaturated/α-hetero) is 1. The van der Waals surface area contributed by atoms with Crippen LogP contribution in [0.25, 0.3) is 0 Å². The number of halogens is 1. The predicted octanol–water partition coefficient (Wildman–Crippen LogP) is 2.95. The number of amides is 1. The Morgan fingerprint density at radius 1 is 1.20 bits per heavy atom. The van der Waals surface area contributed by atoms with Crippen molar-refractivity contribution < 1.29 is 28.2 Å². The first kappa shape index (κ1) is 20.3. The Bertz CT molecular complexity index is 947. The smallest absolute Gasteiger partial charge is 0.268 e. The highest BCUT2D eigenvalue weighted by molar-refractivity contribution is 6.04. The molecule has 0 bridgehead atoms. The Morgan fingerprint density at radius 3 is 2.83 bits per heavy atom. The van der Waals surface area contributed by atoms with E-state index < -0.39 is 11.9 Å². The molecule has 0 radical (unpaired) electrons. The van der Waals surface area contributed by atoms with Crippen LogP contribution < -0.4 is 14.4 Å². The van der Waals surface area contributed by atoms with E-state index in [1.54, 1.807) is 25.3 Å². The number of carbonyl (C=O) groups excluding carboxylic acids is 2. The number of hydrogen-bond donors (Lipinski definition) is 0. The highest BCUT2D eigenvalue weighted by atomic mass is 19.1. The Hall–Kier alpha value is -3.00. The molecule has 1 aromatic heterocycles. The Kier molecular flexibility index (Phi) is 5.94. The van der Waals surface area contributed by atoms with E-state index in [0.717, 1.165) is 6.42 Å². The van der Waals surface area contributed by atoms with Crippen LogP contribution in [0.3, 0.4) is 0 Å². The molecule has 1 aliphatic carbocycles. The molecule has 2 heterocycles. The molecule has 0 spiro atoms. The van der Waals surface area contributed by atoms with Crippen molar-refractivity contribution in [2.24, 2.45) is 0 Å². The molecule has 7 nitrogen and oxygen atoms in total. The maximum Gasteiger partial charge on any atom is 0.268 e. The molecule has 1 aliphatic heterocycles. The van der Waals surface area contributed by atoms with Crippen molar-refractivity contribution in [3.8, 4) is 11.6 Å². The van der Waals surface area contributed by atoms with Gasteiger partial charge in [-0.25, -0.2) is 9.37 Å². The van der Waals surface area contributed by atoms with Gasteiger partial charge < -0.3 is 19.1 Å². The molecule has 4 rings (SSSR count). The predicted molar refractivity (Wildman–Crippen MR) is 107 cm³/mol. The molecule has 2 aliphatic rings. The number of ether oxygens (including phenoxy) is 3. The first-order valence-corrected chi connectivity index (χ1v) is 9.98. The van der Waals surface area contributed by atoms with Crippen molar-refractivity contribution in [1.82, 2.24) is 4.98 Å². The zero-order valence-electron chi connectivity index (χ0n) is 16.7. The molecule has 8 heteroatoms. The van der Waals surface area contributed by atoms with E-state index in [1.807, 2.05) is 0 Å². The molecule has 1 fully saturated rings. The highest BCUT2D eigenvalue weighted by Gasteiger charge is 2.36. The summed E-state index contributed by atoms with van der Waals surface area (Å²) in [4.78, 5) is 30.4. The van der Waals surface area contributed by atoms with Crippen LogP contribution in [-0.2, 0) is 16.0 Å². The summed E-state index contributed by atoms with van der Waals surface area (Å²) in [7, 11) is 1.64. The summed E-state index contributed by atoms with van der Waals surface area (Å²) in [5, 5.41) is 0. The number of pyridine rings is 1. The molecular formula is C22H23FN2O5. The summed E-state index contributed by atoms with van der Waals surface area (Å²) in [5.74, 6) is 0.141. The summed E-state index contributed by atoms with van der Waals surface area (Å²) < 4.78 is 30.6. The number of ketones is 1. The third-order valence-corrected chi connectivity index (χ3v) is 5.28. The van der Waals surface area contributed by atoms with Crippen molar-refractivity contribution in [2.45, 2.75) is 31.8 Å². The lowest BCUT2D eigenvalue weighted by molar-refractivity contribution is -0.122. The van der Waals surface area contributed by atoms with Gasteiger partial charge in [-0.3, -0.25) is 9.59 Å². The second-order valence-electron chi connectivity index (χ2n) is 7.29.